The summed E-state index contributed by atoms with van der Waals surface area (Å²) in [5, 5.41) is 9.03. The highest BCUT2D eigenvalue weighted by Crippen LogP contribution is 2.25. The second kappa shape index (κ2) is 7.63. The first-order valence-corrected chi connectivity index (χ1v) is 5.68. The summed E-state index contributed by atoms with van der Waals surface area (Å²) in [4.78, 5) is 22.4. The lowest BCUT2D eigenvalue weighted by Gasteiger charge is -2.20. The van der Waals surface area contributed by atoms with Crippen LogP contribution in [0.25, 0.3) is 0 Å². The van der Waals surface area contributed by atoms with Gasteiger partial charge in [0.15, 0.2) is 0 Å². The van der Waals surface area contributed by atoms with Gasteiger partial charge in [-0.2, -0.15) is 0 Å². The Balaban J connectivity index is 4.66. The number of carboxylic acids is 1. The fourth-order valence-corrected chi connectivity index (χ4v) is 1.86. The predicted molar refractivity (Wildman–Crippen MR) is 60.2 cm³/mol. The molecule has 0 bridgehead atoms. The Morgan fingerprint density at radius 2 is 1.67 bits per heavy atom. The minimum Gasteiger partial charge on any atom is -0.481 e. The van der Waals surface area contributed by atoms with E-state index in [2.05, 4.69) is 4.52 Å². The molecule has 0 aromatic heterocycles. The molecule has 3 unspecified atom stereocenters. The van der Waals surface area contributed by atoms with Crippen LogP contribution in [-0.2, 0) is 14.1 Å². The summed E-state index contributed by atoms with van der Waals surface area (Å²) in [6, 6.07) is 0. The van der Waals surface area contributed by atoms with Crippen LogP contribution in [0, 0.1) is 11.8 Å². The van der Waals surface area contributed by atoms with Crippen LogP contribution < -0.4 is 0 Å². The molecule has 0 radical (unpaired) electrons. The number of carbonyl (C=O) groups excluding carboxylic acids is 1. The molecule has 15 heavy (non-hydrogen) atoms. The minimum atomic E-state index is -0.911. The number of carbonyl (C=O) groups is 2. The number of aliphatic carboxylic acids is 1. The third-order valence-electron chi connectivity index (χ3n) is 2.42. The summed E-state index contributed by atoms with van der Waals surface area (Å²) < 4.78 is 4.56. The average molecular weight is 234 g/mol. The lowest BCUT2D eigenvalue weighted by molar-refractivity contribution is -0.152. The maximum atomic E-state index is 11.4. The van der Waals surface area contributed by atoms with Crippen molar-refractivity contribution >= 4 is 21.4 Å². The van der Waals surface area contributed by atoms with Crippen LogP contribution in [0.5, 0.6) is 0 Å². The SMILES string of the molecule is CCCC(C(=O)O)C(CCC)C(=O)OP. The summed E-state index contributed by atoms with van der Waals surface area (Å²) >= 11 is 0. The largest absolute Gasteiger partial charge is 0.481 e. The van der Waals surface area contributed by atoms with Gasteiger partial charge < -0.3 is 9.63 Å². The highest BCUT2D eigenvalue weighted by molar-refractivity contribution is 7.10. The Hall–Kier alpha value is -0.630. The van der Waals surface area contributed by atoms with E-state index < -0.39 is 23.8 Å². The standard InChI is InChI=1S/C10H19O4P/c1-3-5-7(9(11)12)8(6-4-2)10(13)14-15/h7-8H,3-6,15H2,1-2H3,(H,11,12). The molecule has 0 rings (SSSR count). The predicted octanol–water partition coefficient (Wildman–Crippen LogP) is 2.24. The lowest BCUT2D eigenvalue weighted by atomic mass is 9.85. The molecule has 3 atom stereocenters. The molecule has 1 N–H and O–H groups in total. The second-order valence-electron chi connectivity index (χ2n) is 3.57. The first-order valence-electron chi connectivity index (χ1n) is 5.21. The number of rotatable bonds is 7. The van der Waals surface area contributed by atoms with Crippen LogP contribution in [-0.4, -0.2) is 17.0 Å². The zero-order valence-electron chi connectivity index (χ0n) is 9.23. The lowest BCUT2D eigenvalue weighted by Crippen LogP contribution is -2.30. The molecule has 0 aromatic carbocycles. The summed E-state index contributed by atoms with van der Waals surface area (Å²) in [7, 11) is 1.88. The summed E-state index contributed by atoms with van der Waals surface area (Å²) in [6.07, 6.45) is 2.60. The first kappa shape index (κ1) is 14.4. The first-order chi connectivity index (χ1) is 7.08. The normalized spacial score (nSPS) is 14.3. The molecule has 0 amide bonds. The zero-order chi connectivity index (χ0) is 11.8. The topological polar surface area (TPSA) is 63.6 Å². The van der Waals surface area contributed by atoms with Gasteiger partial charge in [-0.25, -0.2) is 0 Å². The fraction of sp³-hybridized carbons (Fsp3) is 0.800. The van der Waals surface area contributed by atoms with Crippen LogP contribution in [0.1, 0.15) is 39.5 Å². The van der Waals surface area contributed by atoms with Crippen LogP contribution in [0.3, 0.4) is 0 Å². The molecule has 0 fully saturated rings. The van der Waals surface area contributed by atoms with Crippen molar-refractivity contribution in [2.45, 2.75) is 39.5 Å². The molecular formula is C10H19O4P. The molecule has 0 saturated carbocycles. The third kappa shape index (κ3) is 4.61. The Bertz CT molecular complexity index is 217. The van der Waals surface area contributed by atoms with Gasteiger partial charge in [-0.3, -0.25) is 9.59 Å². The van der Waals surface area contributed by atoms with Crippen LogP contribution >= 0.6 is 9.47 Å². The Kier molecular flexibility index (Phi) is 7.31. The Morgan fingerprint density at radius 3 is 2.00 bits per heavy atom. The summed E-state index contributed by atoms with van der Waals surface area (Å²) in [5.41, 5.74) is 0. The van der Waals surface area contributed by atoms with Crippen molar-refractivity contribution < 1.29 is 19.2 Å². The number of hydrogen-bond acceptors (Lipinski definition) is 3. The van der Waals surface area contributed by atoms with E-state index >= 15 is 0 Å². The molecular weight excluding hydrogens is 215 g/mol. The van der Waals surface area contributed by atoms with Gasteiger partial charge in [0, 0.05) is 0 Å². The van der Waals surface area contributed by atoms with E-state index in [1.165, 1.54) is 0 Å². The molecule has 0 aliphatic heterocycles. The Labute approximate surface area is 92.7 Å². The number of carboxylic acid groups (broad SMARTS) is 1. The maximum Gasteiger partial charge on any atom is 0.311 e. The molecule has 0 heterocycles. The molecule has 5 heteroatoms. The molecule has 0 spiro atoms. The van der Waals surface area contributed by atoms with Gasteiger partial charge in [0.05, 0.1) is 21.3 Å². The van der Waals surface area contributed by atoms with Crippen LogP contribution in [0.2, 0.25) is 0 Å². The van der Waals surface area contributed by atoms with Crippen molar-refractivity contribution in [2.24, 2.45) is 11.8 Å². The molecule has 0 aliphatic rings. The van der Waals surface area contributed by atoms with Gasteiger partial charge >= 0.3 is 11.9 Å². The molecule has 0 saturated heterocycles. The van der Waals surface area contributed by atoms with Crippen LogP contribution in [0.4, 0.5) is 0 Å². The fourth-order valence-electron chi connectivity index (χ4n) is 1.69. The quantitative estimate of drug-likeness (QED) is 0.686. The van der Waals surface area contributed by atoms with Gasteiger partial charge in [0.2, 0.25) is 0 Å². The van der Waals surface area contributed by atoms with E-state index in [1.807, 2.05) is 23.3 Å². The highest BCUT2D eigenvalue weighted by atomic mass is 31.0. The van der Waals surface area contributed by atoms with Gasteiger partial charge in [0.1, 0.15) is 0 Å². The monoisotopic (exact) mass is 234 g/mol. The minimum absolute atomic E-state index is 0.442. The highest BCUT2D eigenvalue weighted by Gasteiger charge is 2.32. The van der Waals surface area contributed by atoms with E-state index in [0.717, 1.165) is 12.8 Å². The van der Waals surface area contributed by atoms with Crippen molar-refractivity contribution in [3.63, 3.8) is 0 Å². The molecule has 88 valence electrons. The van der Waals surface area contributed by atoms with Crippen molar-refractivity contribution in [2.75, 3.05) is 0 Å². The second-order valence-corrected chi connectivity index (χ2v) is 3.80. The molecule has 4 nitrogen and oxygen atoms in total. The van der Waals surface area contributed by atoms with Crippen molar-refractivity contribution in [3.05, 3.63) is 0 Å². The number of hydrogen-bond donors (Lipinski definition) is 1. The third-order valence-corrected chi connectivity index (χ3v) is 2.65. The van der Waals surface area contributed by atoms with Gasteiger partial charge in [0.25, 0.3) is 0 Å². The zero-order valence-corrected chi connectivity index (χ0v) is 10.4. The molecule has 0 aliphatic carbocycles. The van der Waals surface area contributed by atoms with E-state index in [1.54, 1.807) is 0 Å². The maximum absolute atomic E-state index is 11.4. The summed E-state index contributed by atoms with van der Waals surface area (Å²) in [5.74, 6) is -2.50. The average Bonchev–Trinajstić information content (AvgIpc) is 2.21. The van der Waals surface area contributed by atoms with Crippen LogP contribution in [0.15, 0.2) is 0 Å². The smallest absolute Gasteiger partial charge is 0.311 e. The van der Waals surface area contributed by atoms with Crippen molar-refractivity contribution in [1.29, 1.82) is 0 Å². The van der Waals surface area contributed by atoms with Crippen molar-refractivity contribution in [1.82, 2.24) is 0 Å². The van der Waals surface area contributed by atoms with Gasteiger partial charge in [-0.05, 0) is 12.8 Å². The van der Waals surface area contributed by atoms with Crippen molar-refractivity contribution in [3.8, 4) is 0 Å². The van der Waals surface area contributed by atoms with E-state index in [9.17, 15) is 9.59 Å². The van der Waals surface area contributed by atoms with E-state index in [0.29, 0.717) is 12.8 Å². The van der Waals surface area contributed by atoms with Gasteiger partial charge in [-0.1, -0.05) is 26.7 Å². The molecule has 0 aromatic rings. The Morgan fingerprint density at radius 1 is 1.20 bits per heavy atom. The van der Waals surface area contributed by atoms with E-state index in [-0.39, 0.29) is 0 Å². The summed E-state index contributed by atoms with van der Waals surface area (Å²) in [6.45, 7) is 3.83. The van der Waals surface area contributed by atoms with E-state index in [4.69, 9.17) is 5.11 Å². The van der Waals surface area contributed by atoms with Gasteiger partial charge in [-0.15, -0.1) is 0 Å².